The van der Waals surface area contributed by atoms with E-state index in [4.69, 9.17) is 14.2 Å². The number of benzene rings is 1. The summed E-state index contributed by atoms with van der Waals surface area (Å²) in [6.07, 6.45) is 2.00. The molecule has 2 aliphatic rings. The minimum absolute atomic E-state index is 0. The molecule has 0 aromatic heterocycles. The Morgan fingerprint density at radius 3 is 2.31 bits per heavy atom. The highest BCUT2D eigenvalue weighted by Gasteiger charge is 2.41. The van der Waals surface area contributed by atoms with Gasteiger partial charge in [-0.2, -0.15) is 0 Å². The van der Waals surface area contributed by atoms with Crippen molar-refractivity contribution in [3.05, 3.63) is 29.8 Å². The van der Waals surface area contributed by atoms with Gasteiger partial charge in [-0.15, -0.1) is 12.4 Å². The van der Waals surface area contributed by atoms with Crippen molar-refractivity contribution in [2.75, 3.05) is 52.7 Å². The fourth-order valence-electron chi connectivity index (χ4n) is 3.52. The van der Waals surface area contributed by atoms with E-state index < -0.39 is 11.4 Å². The van der Waals surface area contributed by atoms with Crippen molar-refractivity contribution in [2.45, 2.75) is 24.7 Å². The maximum absolute atomic E-state index is 11.8. The van der Waals surface area contributed by atoms with E-state index in [1.54, 1.807) is 0 Å². The second kappa shape index (κ2) is 10.1. The Balaban J connectivity index is 0.00000243. The summed E-state index contributed by atoms with van der Waals surface area (Å²) in [7, 11) is 0. The van der Waals surface area contributed by atoms with Crippen LogP contribution in [0.15, 0.2) is 24.3 Å². The van der Waals surface area contributed by atoms with Crippen LogP contribution in [-0.4, -0.2) is 68.6 Å². The lowest BCUT2D eigenvalue weighted by Gasteiger charge is -2.33. The Morgan fingerprint density at radius 2 is 1.69 bits per heavy atom. The number of hydrogen-bond acceptors (Lipinski definition) is 5. The van der Waals surface area contributed by atoms with Gasteiger partial charge in [-0.1, -0.05) is 12.1 Å². The third-order valence-electron chi connectivity index (χ3n) is 5.15. The molecule has 0 radical (unpaired) electrons. The van der Waals surface area contributed by atoms with Crippen LogP contribution in [0.1, 0.15) is 24.8 Å². The van der Waals surface area contributed by atoms with Crippen LogP contribution in [0.2, 0.25) is 0 Å². The van der Waals surface area contributed by atoms with Gasteiger partial charge in [0.15, 0.2) is 0 Å². The fourth-order valence-corrected chi connectivity index (χ4v) is 3.52. The number of hydrogen-bond donors (Lipinski definition) is 1. The zero-order valence-corrected chi connectivity index (χ0v) is 15.8. The number of carboxylic acid groups (broad SMARTS) is 1. The molecule has 1 aromatic rings. The van der Waals surface area contributed by atoms with Gasteiger partial charge >= 0.3 is 5.97 Å². The first-order chi connectivity index (χ1) is 12.2. The van der Waals surface area contributed by atoms with Crippen LogP contribution in [0.5, 0.6) is 5.75 Å². The Bertz CT molecular complexity index is 554. The highest BCUT2D eigenvalue weighted by atomic mass is 35.5. The lowest BCUT2D eigenvalue weighted by atomic mass is 9.74. The van der Waals surface area contributed by atoms with Crippen molar-refractivity contribution in [3.8, 4) is 5.75 Å². The topological polar surface area (TPSA) is 68.2 Å². The third-order valence-corrected chi connectivity index (χ3v) is 5.15. The maximum atomic E-state index is 11.8. The number of morpholine rings is 1. The first kappa shape index (κ1) is 21.0. The van der Waals surface area contributed by atoms with Crippen LogP contribution < -0.4 is 4.74 Å². The molecule has 0 aliphatic carbocycles. The monoisotopic (exact) mass is 385 g/mol. The van der Waals surface area contributed by atoms with Gasteiger partial charge in [0.1, 0.15) is 5.75 Å². The van der Waals surface area contributed by atoms with E-state index in [2.05, 4.69) is 4.90 Å². The van der Waals surface area contributed by atoms with Gasteiger partial charge in [0.25, 0.3) is 0 Å². The second-order valence-electron chi connectivity index (χ2n) is 6.68. The molecule has 6 nitrogen and oxygen atoms in total. The molecule has 3 rings (SSSR count). The first-order valence-corrected chi connectivity index (χ1v) is 9.05. The molecule has 0 atom stereocenters. The van der Waals surface area contributed by atoms with Gasteiger partial charge in [-0.05, 0) is 37.0 Å². The van der Waals surface area contributed by atoms with Gasteiger partial charge in [0.05, 0.1) is 25.2 Å². The van der Waals surface area contributed by atoms with E-state index in [0.717, 1.165) is 50.6 Å². The van der Waals surface area contributed by atoms with E-state index >= 15 is 0 Å². The summed E-state index contributed by atoms with van der Waals surface area (Å²) in [5.41, 5.74) is 0.0107. The summed E-state index contributed by atoms with van der Waals surface area (Å²) in [4.78, 5) is 14.2. The quantitative estimate of drug-likeness (QED) is 0.726. The zero-order chi connectivity index (χ0) is 17.5. The normalized spacial score (nSPS) is 20.2. The minimum atomic E-state index is -0.826. The summed E-state index contributed by atoms with van der Waals surface area (Å²) in [6, 6.07) is 7.53. The van der Waals surface area contributed by atoms with E-state index in [0.29, 0.717) is 32.7 Å². The van der Waals surface area contributed by atoms with Gasteiger partial charge in [-0.25, -0.2) is 0 Å². The van der Waals surface area contributed by atoms with Crippen LogP contribution in [0.3, 0.4) is 0 Å². The summed E-state index contributed by atoms with van der Waals surface area (Å²) in [5, 5.41) is 9.71. The van der Waals surface area contributed by atoms with E-state index in [1.165, 1.54) is 0 Å². The molecule has 0 bridgehead atoms. The number of carboxylic acids is 1. The summed E-state index contributed by atoms with van der Waals surface area (Å²) >= 11 is 0. The predicted octanol–water partition coefficient (Wildman–Crippen LogP) is 2.34. The summed E-state index contributed by atoms with van der Waals surface area (Å²) in [6.45, 7) is 6.29. The Hall–Kier alpha value is -1.34. The van der Waals surface area contributed by atoms with Gasteiger partial charge in [0.2, 0.25) is 0 Å². The van der Waals surface area contributed by atoms with Crippen LogP contribution in [-0.2, 0) is 19.7 Å². The molecule has 2 aliphatic heterocycles. The lowest BCUT2D eigenvalue weighted by Crippen LogP contribution is -2.41. The van der Waals surface area contributed by atoms with Crippen molar-refractivity contribution in [1.82, 2.24) is 4.90 Å². The minimum Gasteiger partial charge on any atom is -0.494 e. The smallest absolute Gasteiger partial charge is 0.314 e. The molecule has 0 amide bonds. The summed E-state index contributed by atoms with van der Waals surface area (Å²) < 4.78 is 16.5. The van der Waals surface area contributed by atoms with Crippen molar-refractivity contribution in [2.24, 2.45) is 0 Å². The standard InChI is InChI=1S/C19H27NO5.ClH/c21-18(22)19(6-12-23-13-7-19)16-2-4-17(5-3-16)25-11-1-8-20-9-14-24-15-10-20;/h2-5H,1,6-15H2,(H,21,22);1H. The third kappa shape index (κ3) is 5.10. The van der Waals surface area contributed by atoms with Crippen molar-refractivity contribution in [1.29, 1.82) is 0 Å². The molecule has 0 unspecified atom stereocenters. The zero-order valence-electron chi connectivity index (χ0n) is 15.0. The number of rotatable bonds is 7. The Labute approximate surface area is 160 Å². The molecule has 0 saturated carbocycles. The van der Waals surface area contributed by atoms with Crippen molar-refractivity contribution < 1.29 is 24.1 Å². The van der Waals surface area contributed by atoms with Crippen LogP contribution in [0.4, 0.5) is 0 Å². The molecule has 1 N–H and O–H groups in total. The number of nitrogens with zero attached hydrogens (tertiary/aromatic N) is 1. The van der Waals surface area contributed by atoms with E-state index in [1.807, 2.05) is 24.3 Å². The van der Waals surface area contributed by atoms with Crippen LogP contribution in [0, 0.1) is 0 Å². The molecule has 2 fully saturated rings. The largest absolute Gasteiger partial charge is 0.494 e. The Kier molecular flexibility index (Phi) is 8.15. The van der Waals surface area contributed by atoms with Gasteiger partial charge in [0, 0.05) is 32.8 Å². The number of aliphatic carboxylic acids is 1. The number of halogens is 1. The maximum Gasteiger partial charge on any atom is 0.314 e. The number of ether oxygens (including phenoxy) is 3. The Morgan fingerprint density at radius 1 is 1.08 bits per heavy atom. The average Bonchev–Trinajstić information content (AvgIpc) is 2.67. The van der Waals surface area contributed by atoms with Gasteiger partial charge < -0.3 is 19.3 Å². The van der Waals surface area contributed by atoms with E-state index in [9.17, 15) is 9.90 Å². The van der Waals surface area contributed by atoms with Crippen LogP contribution >= 0.6 is 12.4 Å². The molecule has 146 valence electrons. The van der Waals surface area contributed by atoms with Gasteiger partial charge in [-0.3, -0.25) is 9.69 Å². The van der Waals surface area contributed by atoms with Crippen molar-refractivity contribution >= 4 is 18.4 Å². The molecule has 0 spiro atoms. The highest BCUT2D eigenvalue weighted by molar-refractivity contribution is 5.85. The molecule has 1 aromatic carbocycles. The molecule has 2 heterocycles. The molecule has 2 saturated heterocycles. The number of carbonyl (C=O) groups is 1. The fraction of sp³-hybridized carbons (Fsp3) is 0.632. The second-order valence-corrected chi connectivity index (χ2v) is 6.68. The lowest BCUT2D eigenvalue weighted by molar-refractivity contribution is -0.147. The average molecular weight is 386 g/mol. The molecule has 7 heteroatoms. The molecule has 26 heavy (non-hydrogen) atoms. The molecular weight excluding hydrogens is 358 g/mol. The summed E-state index contributed by atoms with van der Waals surface area (Å²) in [5.74, 6) is 0.0216. The first-order valence-electron chi connectivity index (χ1n) is 9.05. The highest BCUT2D eigenvalue weighted by Crippen LogP contribution is 2.35. The molecular formula is C19H28ClNO5. The van der Waals surface area contributed by atoms with Crippen molar-refractivity contribution in [3.63, 3.8) is 0 Å². The van der Waals surface area contributed by atoms with Crippen LogP contribution in [0.25, 0.3) is 0 Å². The SMILES string of the molecule is Cl.O=C(O)C1(c2ccc(OCCCN3CCOCC3)cc2)CCOCC1. The van der Waals surface area contributed by atoms with E-state index in [-0.39, 0.29) is 12.4 Å². The predicted molar refractivity (Wildman–Crippen MR) is 100 cm³/mol.